The lowest BCUT2D eigenvalue weighted by molar-refractivity contribution is -0.117. The first-order valence-electron chi connectivity index (χ1n) is 12.5. The van der Waals surface area contributed by atoms with Crippen LogP contribution < -0.4 is 20.9 Å². The first-order valence-corrected chi connectivity index (χ1v) is 12.5. The predicted molar refractivity (Wildman–Crippen MR) is 152 cm³/mol. The third-order valence-electron chi connectivity index (χ3n) is 5.73. The zero-order valence-corrected chi connectivity index (χ0v) is 21.7. The summed E-state index contributed by atoms with van der Waals surface area (Å²) in [5, 5.41) is 2.79. The second-order valence-corrected chi connectivity index (χ2v) is 8.86. The zero-order chi connectivity index (χ0) is 28.3. The van der Waals surface area contributed by atoms with E-state index in [9.17, 15) is 19.2 Å². The summed E-state index contributed by atoms with van der Waals surface area (Å²) in [6.45, 7) is 1.88. The Hall–Kier alpha value is -5.50. The van der Waals surface area contributed by atoms with E-state index in [1.165, 1.54) is 24.3 Å². The Morgan fingerprint density at radius 2 is 1.48 bits per heavy atom. The lowest BCUT2D eigenvalue weighted by Crippen LogP contribution is -2.40. The third-order valence-corrected chi connectivity index (χ3v) is 5.73. The van der Waals surface area contributed by atoms with Crippen molar-refractivity contribution in [1.82, 2.24) is 10.9 Å². The van der Waals surface area contributed by atoms with Gasteiger partial charge in [-0.3, -0.25) is 25.2 Å². The first-order chi connectivity index (χ1) is 19.4. The molecule has 0 aliphatic rings. The van der Waals surface area contributed by atoms with Crippen LogP contribution in [0.4, 0.5) is 5.69 Å². The molecule has 0 bridgehead atoms. The minimum atomic E-state index is -0.585. The van der Waals surface area contributed by atoms with Gasteiger partial charge in [0.2, 0.25) is 5.91 Å². The van der Waals surface area contributed by atoms with Crippen LogP contribution in [-0.2, 0) is 16.0 Å². The summed E-state index contributed by atoms with van der Waals surface area (Å²) in [4.78, 5) is 49.5. The quantitative estimate of drug-likeness (QED) is 0.129. The molecule has 0 aliphatic carbocycles. The Bertz CT molecular complexity index is 1550. The van der Waals surface area contributed by atoms with Crippen molar-refractivity contribution in [2.45, 2.75) is 13.3 Å². The van der Waals surface area contributed by atoms with Gasteiger partial charge in [-0.1, -0.05) is 66.2 Å². The van der Waals surface area contributed by atoms with Crippen LogP contribution in [0.5, 0.6) is 5.75 Å². The second-order valence-electron chi connectivity index (χ2n) is 8.86. The van der Waals surface area contributed by atoms with Gasteiger partial charge in [0.15, 0.2) is 0 Å². The molecule has 4 rings (SSSR count). The van der Waals surface area contributed by atoms with Gasteiger partial charge < -0.3 is 10.1 Å². The Morgan fingerprint density at radius 3 is 2.23 bits per heavy atom. The Morgan fingerprint density at radius 1 is 0.750 bits per heavy atom. The Balaban J connectivity index is 1.28. The molecule has 8 nitrogen and oxygen atoms in total. The van der Waals surface area contributed by atoms with E-state index >= 15 is 0 Å². The molecule has 0 radical (unpaired) electrons. The van der Waals surface area contributed by atoms with Gasteiger partial charge in [0.1, 0.15) is 5.75 Å². The monoisotopic (exact) mass is 533 g/mol. The smallest absolute Gasteiger partial charge is 0.343 e. The van der Waals surface area contributed by atoms with Crippen LogP contribution in [0, 0.1) is 6.92 Å². The van der Waals surface area contributed by atoms with Crippen molar-refractivity contribution in [2.24, 2.45) is 0 Å². The molecule has 0 heterocycles. The van der Waals surface area contributed by atoms with Crippen molar-refractivity contribution < 1.29 is 23.9 Å². The summed E-state index contributed by atoms with van der Waals surface area (Å²) in [5.74, 6) is -1.51. The fourth-order valence-electron chi connectivity index (χ4n) is 3.73. The van der Waals surface area contributed by atoms with E-state index in [0.29, 0.717) is 22.4 Å². The van der Waals surface area contributed by atoms with Gasteiger partial charge in [-0.05, 0) is 61.0 Å². The summed E-state index contributed by atoms with van der Waals surface area (Å²) in [6.07, 6.45) is 2.93. The number of ether oxygens (including phenoxy) is 1. The number of hydrogen-bond donors (Lipinski definition) is 3. The van der Waals surface area contributed by atoms with Gasteiger partial charge >= 0.3 is 5.97 Å². The number of rotatable bonds is 8. The molecule has 4 aromatic rings. The number of benzene rings is 4. The van der Waals surface area contributed by atoms with Gasteiger partial charge in [-0.25, -0.2) is 4.79 Å². The summed E-state index contributed by atoms with van der Waals surface area (Å²) in [7, 11) is 0. The van der Waals surface area contributed by atoms with Gasteiger partial charge in [-0.15, -0.1) is 0 Å². The summed E-state index contributed by atoms with van der Waals surface area (Å²) < 4.78 is 5.52. The molecular formula is C32H27N3O5. The molecule has 8 heteroatoms. The van der Waals surface area contributed by atoms with Crippen molar-refractivity contribution >= 4 is 35.5 Å². The van der Waals surface area contributed by atoms with Crippen LogP contribution >= 0.6 is 0 Å². The lowest BCUT2D eigenvalue weighted by Gasteiger charge is -2.09. The average molecular weight is 534 g/mol. The molecule has 40 heavy (non-hydrogen) atoms. The predicted octanol–water partition coefficient (Wildman–Crippen LogP) is 4.87. The highest BCUT2D eigenvalue weighted by molar-refractivity contribution is 5.99. The molecule has 200 valence electrons. The fraction of sp³-hybridized carbons (Fsp3) is 0.0625. The molecular weight excluding hydrogens is 506 g/mol. The van der Waals surface area contributed by atoms with E-state index in [-0.39, 0.29) is 18.1 Å². The molecule has 0 atom stereocenters. The van der Waals surface area contributed by atoms with Gasteiger partial charge in [0.05, 0.1) is 12.0 Å². The number of anilines is 1. The van der Waals surface area contributed by atoms with Gasteiger partial charge in [-0.2, -0.15) is 0 Å². The van der Waals surface area contributed by atoms with E-state index in [4.69, 9.17) is 4.74 Å². The topological polar surface area (TPSA) is 114 Å². The van der Waals surface area contributed by atoms with Crippen molar-refractivity contribution in [2.75, 3.05) is 5.32 Å². The number of nitrogens with one attached hydrogen (secondary N) is 3. The number of carbonyl (C=O) groups is 4. The first kappa shape index (κ1) is 27.5. The summed E-state index contributed by atoms with van der Waals surface area (Å²) in [5.41, 5.74) is 8.25. The van der Waals surface area contributed by atoms with E-state index in [2.05, 4.69) is 16.2 Å². The van der Waals surface area contributed by atoms with Crippen molar-refractivity contribution in [3.63, 3.8) is 0 Å². The molecule has 0 saturated carbocycles. The number of esters is 1. The normalized spacial score (nSPS) is 10.5. The van der Waals surface area contributed by atoms with Crippen molar-refractivity contribution in [3.8, 4) is 5.75 Å². The molecule has 0 saturated heterocycles. The summed E-state index contributed by atoms with van der Waals surface area (Å²) >= 11 is 0. The number of aryl methyl sites for hydroxylation is 1. The molecule has 0 unspecified atom stereocenters. The third kappa shape index (κ3) is 8.00. The highest BCUT2D eigenvalue weighted by atomic mass is 16.5. The van der Waals surface area contributed by atoms with Crippen LogP contribution in [0.1, 0.15) is 37.4 Å². The average Bonchev–Trinajstić information content (AvgIpc) is 2.96. The summed E-state index contributed by atoms with van der Waals surface area (Å²) in [6, 6.07) is 29.5. The SMILES string of the molecule is Cc1cccc(C(=O)Oc2ccccc2/C=C/C(=O)NNC(=O)c2ccc(NC(=O)Cc3ccccc3)cc2)c1. The minimum absolute atomic E-state index is 0.172. The number of amides is 3. The number of para-hydroxylation sites is 1. The second kappa shape index (κ2) is 13.3. The highest BCUT2D eigenvalue weighted by Crippen LogP contribution is 2.21. The minimum Gasteiger partial charge on any atom is -0.422 e. The van der Waals surface area contributed by atoms with Crippen molar-refractivity contribution in [3.05, 3.63) is 137 Å². The standard InChI is InChI=1S/C32H27N3O5/c1-22-8-7-12-26(20-22)32(39)40-28-13-6-5-11-24(28)16-19-29(36)34-35-31(38)25-14-17-27(18-15-25)33-30(37)21-23-9-3-2-4-10-23/h2-20H,21H2,1H3,(H,33,37)(H,34,36)(H,35,38)/b19-16+. The maximum absolute atomic E-state index is 12.5. The number of carbonyl (C=O) groups excluding carboxylic acids is 4. The van der Waals surface area contributed by atoms with Crippen LogP contribution in [0.3, 0.4) is 0 Å². The maximum atomic E-state index is 12.5. The van der Waals surface area contributed by atoms with E-state index in [1.807, 2.05) is 43.3 Å². The largest absolute Gasteiger partial charge is 0.422 e. The van der Waals surface area contributed by atoms with Crippen LogP contribution in [0.25, 0.3) is 6.08 Å². The number of hydrogen-bond acceptors (Lipinski definition) is 5. The molecule has 4 aromatic carbocycles. The van der Waals surface area contributed by atoms with Crippen molar-refractivity contribution in [1.29, 1.82) is 0 Å². The van der Waals surface area contributed by atoms with E-state index in [1.54, 1.807) is 54.6 Å². The van der Waals surface area contributed by atoms with Crippen LogP contribution in [-0.4, -0.2) is 23.7 Å². The van der Waals surface area contributed by atoms with Crippen LogP contribution in [0.2, 0.25) is 0 Å². The molecule has 3 N–H and O–H groups in total. The zero-order valence-electron chi connectivity index (χ0n) is 21.7. The van der Waals surface area contributed by atoms with E-state index in [0.717, 1.165) is 11.1 Å². The Kier molecular flexibility index (Phi) is 9.18. The van der Waals surface area contributed by atoms with Crippen LogP contribution in [0.15, 0.2) is 109 Å². The molecule has 3 amide bonds. The molecule has 0 aliphatic heterocycles. The lowest BCUT2D eigenvalue weighted by atomic mass is 10.1. The Labute approximate surface area is 231 Å². The fourth-order valence-corrected chi connectivity index (χ4v) is 3.73. The van der Waals surface area contributed by atoms with Gasteiger partial charge in [0.25, 0.3) is 11.8 Å². The molecule has 0 aromatic heterocycles. The molecule has 0 fully saturated rings. The number of hydrazine groups is 1. The van der Waals surface area contributed by atoms with E-state index < -0.39 is 17.8 Å². The molecule has 0 spiro atoms. The van der Waals surface area contributed by atoms with Gasteiger partial charge in [0, 0.05) is 22.9 Å². The maximum Gasteiger partial charge on any atom is 0.343 e. The highest BCUT2D eigenvalue weighted by Gasteiger charge is 2.12.